The highest BCUT2D eigenvalue weighted by atomic mass is 32.2. The van der Waals surface area contributed by atoms with Crippen LogP contribution in [0.25, 0.3) is 0 Å². The van der Waals surface area contributed by atoms with Gasteiger partial charge in [-0.05, 0) is 31.9 Å². The zero-order valence-electron chi connectivity index (χ0n) is 10.1. The lowest BCUT2D eigenvalue weighted by Gasteiger charge is -2.20. The molecule has 0 saturated heterocycles. The van der Waals surface area contributed by atoms with E-state index in [1.54, 1.807) is 6.92 Å². The Hall–Kier alpha value is -0.220. The Morgan fingerprint density at radius 3 is 2.53 bits per heavy atom. The molecule has 0 bridgehead atoms. The molecule has 1 amide bonds. The van der Waals surface area contributed by atoms with E-state index < -0.39 is 11.4 Å². The van der Waals surface area contributed by atoms with Gasteiger partial charge in [-0.3, -0.25) is 4.79 Å². The molecule has 2 atom stereocenters. The van der Waals surface area contributed by atoms with Crippen LogP contribution in [0.3, 0.4) is 0 Å². The molecular weight excluding hydrogens is 208 g/mol. The Morgan fingerprint density at radius 2 is 2.07 bits per heavy atom. The third kappa shape index (κ3) is 6.79. The minimum absolute atomic E-state index is 0.405. The summed E-state index contributed by atoms with van der Waals surface area (Å²) in [5.41, 5.74) is 10.1. The SMILES string of the molecule is CCC(C)SCCCCC(C)(N)C(N)=O. The van der Waals surface area contributed by atoms with E-state index in [-0.39, 0.29) is 0 Å². The van der Waals surface area contributed by atoms with Crippen LogP contribution in [0.5, 0.6) is 0 Å². The van der Waals surface area contributed by atoms with Crippen molar-refractivity contribution in [2.75, 3.05) is 5.75 Å². The molecule has 2 unspecified atom stereocenters. The van der Waals surface area contributed by atoms with Crippen molar-refractivity contribution in [1.29, 1.82) is 0 Å². The van der Waals surface area contributed by atoms with Gasteiger partial charge in [-0.1, -0.05) is 20.3 Å². The first-order valence-electron chi connectivity index (χ1n) is 5.60. The number of nitrogens with two attached hydrogens (primary N) is 2. The Labute approximate surface area is 97.4 Å². The predicted octanol–water partition coefficient (Wildman–Crippen LogP) is 1.89. The molecular formula is C11H24N2OS. The highest BCUT2D eigenvalue weighted by molar-refractivity contribution is 7.99. The summed E-state index contributed by atoms with van der Waals surface area (Å²) in [5, 5.41) is 0.727. The number of hydrogen-bond donors (Lipinski definition) is 2. The van der Waals surface area contributed by atoms with Crippen molar-refractivity contribution in [2.45, 2.75) is 57.2 Å². The highest BCUT2D eigenvalue weighted by Gasteiger charge is 2.24. The number of unbranched alkanes of at least 4 members (excludes halogenated alkanes) is 1. The van der Waals surface area contributed by atoms with Crippen LogP contribution in [0.2, 0.25) is 0 Å². The van der Waals surface area contributed by atoms with Gasteiger partial charge in [0, 0.05) is 5.25 Å². The first-order chi connectivity index (χ1) is 6.90. The van der Waals surface area contributed by atoms with Gasteiger partial charge in [-0.25, -0.2) is 0 Å². The minimum Gasteiger partial charge on any atom is -0.368 e. The normalized spacial score (nSPS) is 17.1. The zero-order chi connectivity index (χ0) is 11.9. The fourth-order valence-electron chi connectivity index (χ4n) is 1.12. The van der Waals surface area contributed by atoms with Gasteiger partial charge in [0.25, 0.3) is 0 Å². The highest BCUT2D eigenvalue weighted by Crippen LogP contribution is 2.17. The van der Waals surface area contributed by atoms with Crippen LogP contribution in [0, 0.1) is 0 Å². The van der Waals surface area contributed by atoms with Crippen molar-refractivity contribution in [3.8, 4) is 0 Å². The number of thioether (sulfide) groups is 1. The molecule has 0 radical (unpaired) electrons. The maximum absolute atomic E-state index is 10.9. The van der Waals surface area contributed by atoms with E-state index in [2.05, 4.69) is 13.8 Å². The second-order valence-electron chi connectivity index (χ2n) is 4.33. The summed E-state index contributed by atoms with van der Waals surface area (Å²) in [4.78, 5) is 10.9. The summed E-state index contributed by atoms with van der Waals surface area (Å²) < 4.78 is 0. The Bertz CT molecular complexity index is 195. The van der Waals surface area contributed by atoms with Crippen molar-refractivity contribution in [3.63, 3.8) is 0 Å². The van der Waals surface area contributed by atoms with Gasteiger partial charge >= 0.3 is 0 Å². The molecule has 4 heteroatoms. The van der Waals surface area contributed by atoms with Crippen molar-refractivity contribution in [2.24, 2.45) is 11.5 Å². The monoisotopic (exact) mass is 232 g/mol. The molecule has 3 nitrogen and oxygen atoms in total. The van der Waals surface area contributed by atoms with Gasteiger partial charge in [0.1, 0.15) is 0 Å². The van der Waals surface area contributed by atoms with E-state index in [1.165, 1.54) is 6.42 Å². The zero-order valence-corrected chi connectivity index (χ0v) is 10.9. The molecule has 0 fully saturated rings. The largest absolute Gasteiger partial charge is 0.368 e. The first-order valence-corrected chi connectivity index (χ1v) is 6.65. The minimum atomic E-state index is -0.832. The lowest BCUT2D eigenvalue weighted by atomic mass is 9.96. The number of amides is 1. The molecule has 0 aromatic heterocycles. The van der Waals surface area contributed by atoms with E-state index in [4.69, 9.17) is 11.5 Å². The maximum Gasteiger partial charge on any atom is 0.237 e. The van der Waals surface area contributed by atoms with E-state index in [0.29, 0.717) is 6.42 Å². The lowest BCUT2D eigenvalue weighted by molar-refractivity contribution is -0.122. The van der Waals surface area contributed by atoms with Crippen LogP contribution in [0.1, 0.15) is 46.5 Å². The number of hydrogen-bond acceptors (Lipinski definition) is 3. The molecule has 0 rings (SSSR count). The van der Waals surface area contributed by atoms with Crippen LogP contribution in [-0.4, -0.2) is 22.4 Å². The maximum atomic E-state index is 10.9. The van der Waals surface area contributed by atoms with Crippen molar-refractivity contribution in [3.05, 3.63) is 0 Å². The molecule has 0 aliphatic rings. The van der Waals surface area contributed by atoms with Gasteiger partial charge < -0.3 is 11.5 Å². The number of carbonyl (C=O) groups is 1. The number of rotatable bonds is 8. The summed E-state index contributed by atoms with van der Waals surface area (Å²) in [5.74, 6) is 0.737. The van der Waals surface area contributed by atoms with Gasteiger partial charge in [0.05, 0.1) is 5.54 Å². The van der Waals surface area contributed by atoms with Crippen molar-refractivity contribution in [1.82, 2.24) is 0 Å². The molecule has 0 aromatic carbocycles. The lowest BCUT2D eigenvalue weighted by Crippen LogP contribution is -2.49. The van der Waals surface area contributed by atoms with Crippen LogP contribution >= 0.6 is 11.8 Å². The van der Waals surface area contributed by atoms with Gasteiger partial charge in [0.15, 0.2) is 0 Å². The summed E-state index contributed by atoms with van der Waals surface area (Å²) in [7, 11) is 0. The smallest absolute Gasteiger partial charge is 0.237 e. The van der Waals surface area contributed by atoms with E-state index in [1.807, 2.05) is 11.8 Å². The average Bonchev–Trinajstić information content (AvgIpc) is 2.16. The Kier molecular flexibility index (Phi) is 7.02. The molecule has 0 saturated carbocycles. The van der Waals surface area contributed by atoms with Gasteiger partial charge in [-0.15, -0.1) is 0 Å². The quantitative estimate of drug-likeness (QED) is 0.628. The van der Waals surface area contributed by atoms with E-state index in [9.17, 15) is 4.79 Å². The van der Waals surface area contributed by atoms with Crippen molar-refractivity contribution < 1.29 is 4.79 Å². The van der Waals surface area contributed by atoms with E-state index in [0.717, 1.165) is 23.8 Å². The summed E-state index contributed by atoms with van der Waals surface area (Å²) in [6.45, 7) is 6.14. The molecule has 0 aromatic rings. The van der Waals surface area contributed by atoms with Gasteiger partial charge in [0.2, 0.25) is 5.91 Å². The number of carbonyl (C=O) groups excluding carboxylic acids is 1. The topological polar surface area (TPSA) is 69.1 Å². The number of primary amides is 1. The van der Waals surface area contributed by atoms with Crippen LogP contribution in [-0.2, 0) is 4.79 Å². The third-order valence-corrected chi connectivity index (χ3v) is 4.06. The van der Waals surface area contributed by atoms with Crippen LogP contribution in [0.4, 0.5) is 0 Å². The Morgan fingerprint density at radius 1 is 1.47 bits per heavy atom. The van der Waals surface area contributed by atoms with Crippen LogP contribution < -0.4 is 11.5 Å². The molecule has 0 heterocycles. The molecule has 90 valence electrons. The molecule has 15 heavy (non-hydrogen) atoms. The second-order valence-corrected chi connectivity index (χ2v) is 5.87. The summed E-state index contributed by atoms with van der Waals surface area (Å²) in [6, 6.07) is 0. The fraction of sp³-hybridized carbons (Fsp3) is 0.909. The molecule has 0 aliphatic heterocycles. The Balaban J connectivity index is 3.51. The van der Waals surface area contributed by atoms with Crippen LogP contribution in [0.15, 0.2) is 0 Å². The summed E-state index contributed by atoms with van der Waals surface area (Å²) in [6.07, 6.45) is 3.97. The second kappa shape index (κ2) is 7.12. The van der Waals surface area contributed by atoms with E-state index >= 15 is 0 Å². The summed E-state index contributed by atoms with van der Waals surface area (Å²) >= 11 is 1.98. The standard InChI is InChI=1S/C11H24N2OS/c1-4-9(2)15-8-6-5-7-11(3,13)10(12)14/h9H,4-8,13H2,1-3H3,(H2,12,14). The predicted molar refractivity (Wildman–Crippen MR) is 67.8 cm³/mol. The molecule has 0 aliphatic carbocycles. The third-order valence-electron chi connectivity index (χ3n) is 2.63. The average molecular weight is 232 g/mol. The molecule has 4 N–H and O–H groups in total. The molecule has 0 spiro atoms. The van der Waals surface area contributed by atoms with Crippen molar-refractivity contribution >= 4 is 17.7 Å². The fourth-order valence-corrected chi connectivity index (χ4v) is 2.13. The first kappa shape index (κ1) is 14.8. The van der Waals surface area contributed by atoms with Gasteiger partial charge in [-0.2, -0.15) is 11.8 Å².